The van der Waals surface area contributed by atoms with E-state index in [0.717, 1.165) is 32.1 Å². The number of unbranched alkanes of at least 4 members (excludes halogenated alkanes) is 2. The number of ether oxygens (including phenoxy) is 1. The van der Waals surface area contributed by atoms with Crippen molar-refractivity contribution in [1.82, 2.24) is 9.80 Å². The third-order valence-corrected chi connectivity index (χ3v) is 5.21. The van der Waals surface area contributed by atoms with Crippen molar-refractivity contribution in [3.63, 3.8) is 0 Å². The van der Waals surface area contributed by atoms with Crippen LogP contribution in [0.15, 0.2) is 30.3 Å². The molecule has 6 nitrogen and oxygen atoms in total. The summed E-state index contributed by atoms with van der Waals surface area (Å²) in [6, 6.07) is 10.5. The SMILES string of the molecule is CN1C(=O)OC[C@@H]1Cc1ccccc1.[B]C(=O)N(C)C(C)CCCCCC(C)=O. The van der Waals surface area contributed by atoms with Gasteiger partial charge in [0, 0.05) is 26.6 Å². The van der Waals surface area contributed by atoms with Crippen molar-refractivity contribution in [2.24, 2.45) is 0 Å². The fourth-order valence-electron chi connectivity index (χ4n) is 3.01. The Kier molecular flexibility index (Phi) is 11.1. The van der Waals surface area contributed by atoms with E-state index >= 15 is 0 Å². The molecule has 7 heteroatoms. The highest BCUT2D eigenvalue weighted by Gasteiger charge is 2.29. The molecule has 2 atom stereocenters. The predicted molar refractivity (Wildman–Crippen MR) is 115 cm³/mol. The van der Waals surface area contributed by atoms with Crippen molar-refractivity contribution in [2.45, 2.75) is 64.5 Å². The lowest BCUT2D eigenvalue weighted by Crippen LogP contribution is -2.34. The second kappa shape index (κ2) is 13.0. The third-order valence-electron chi connectivity index (χ3n) is 5.21. The first-order valence-corrected chi connectivity index (χ1v) is 10.2. The van der Waals surface area contributed by atoms with Gasteiger partial charge in [-0.1, -0.05) is 43.2 Å². The van der Waals surface area contributed by atoms with Crippen LogP contribution in [-0.4, -0.2) is 68.1 Å². The van der Waals surface area contributed by atoms with Crippen molar-refractivity contribution >= 4 is 25.5 Å². The minimum atomic E-state index is -0.383. The molecule has 1 fully saturated rings. The zero-order valence-electron chi connectivity index (χ0n) is 18.1. The summed E-state index contributed by atoms with van der Waals surface area (Å²) in [5, 5.41) is 0. The number of likely N-dealkylation sites (N-methyl/N-ethyl adjacent to an activating group) is 1. The Morgan fingerprint density at radius 3 is 2.41 bits per heavy atom. The van der Waals surface area contributed by atoms with Crippen LogP contribution in [-0.2, 0) is 16.0 Å². The predicted octanol–water partition coefficient (Wildman–Crippen LogP) is 3.81. The third kappa shape index (κ3) is 9.63. The second-order valence-corrected chi connectivity index (χ2v) is 7.63. The molecule has 1 saturated heterocycles. The molecule has 29 heavy (non-hydrogen) atoms. The Morgan fingerprint density at radius 1 is 1.24 bits per heavy atom. The standard InChI is InChI=1S/C11H20BNO2.C11H13NO2/c1-9(13(3)11(12)15)7-5-4-6-8-10(2)14;1-12-10(8-14-11(12)13)7-9-5-3-2-4-6-9/h9H,4-8H2,1-3H3;2-6,10H,7-8H2,1H3/t;10-/m.0/s1. The molecule has 2 rings (SSSR count). The number of ketones is 1. The van der Waals surface area contributed by atoms with E-state index in [4.69, 9.17) is 12.6 Å². The molecule has 2 amide bonds. The lowest BCUT2D eigenvalue weighted by atomic mass is 10.0. The molecule has 1 heterocycles. The number of cyclic esters (lactones) is 1. The van der Waals surface area contributed by atoms with Gasteiger partial charge in [0.1, 0.15) is 12.4 Å². The lowest BCUT2D eigenvalue weighted by molar-refractivity contribution is -0.117. The van der Waals surface area contributed by atoms with E-state index in [9.17, 15) is 14.4 Å². The second-order valence-electron chi connectivity index (χ2n) is 7.63. The van der Waals surface area contributed by atoms with Gasteiger partial charge < -0.3 is 19.3 Å². The quantitative estimate of drug-likeness (QED) is 0.467. The lowest BCUT2D eigenvalue weighted by Gasteiger charge is -2.24. The summed E-state index contributed by atoms with van der Waals surface area (Å²) in [7, 11) is 8.64. The van der Waals surface area contributed by atoms with E-state index in [1.807, 2.05) is 25.1 Å². The molecule has 158 valence electrons. The Hall–Kier alpha value is -2.31. The summed E-state index contributed by atoms with van der Waals surface area (Å²) in [4.78, 5) is 35.8. The number of hydrogen-bond acceptors (Lipinski definition) is 4. The maximum Gasteiger partial charge on any atom is 0.409 e. The van der Waals surface area contributed by atoms with Crippen LogP contribution in [0.2, 0.25) is 0 Å². The van der Waals surface area contributed by atoms with Crippen LogP contribution in [0.5, 0.6) is 0 Å². The van der Waals surface area contributed by atoms with Crippen LogP contribution in [0, 0.1) is 0 Å². The molecule has 0 spiro atoms. The number of hydrogen-bond donors (Lipinski definition) is 0. The molecular weight excluding hydrogens is 367 g/mol. The van der Waals surface area contributed by atoms with Gasteiger partial charge >= 0.3 is 6.09 Å². The van der Waals surface area contributed by atoms with Crippen molar-refractivity contribution in [2.75, 3.05) is 20.7 Å². The summed E-state index contributed by atoms with van der Waals surface area (Å²) in [6.45, 7) is 4.10. The highest BCUT2D eigenvalue weighted by molar-refractivity contribution is 6.56. The Bertz CT molecular complexity index is 653. The van der Waals surface area contributed by atoms with E-state index in [-0.39, 0.29) is 29.8 Å². The van der Waals surface area contributed by atoms with Crippen LogP contribution in [0.4, 0.5) is 9.59 Å². The van der Waals surface area contributed by atoms with Crippen molar-refractivity contribution in [3.8, 4) is 0 Å². The zero-order chi connectivity index (χ0) is 21.8. The Morgan fingerprint density at radius 2 is 1.90 bits per heavy atom. The molecule has 0 N–H and O–H groups in total. The van der Waals surface area contributed by atoms with Gasteiger partial charge in [-0.15, -0.1) is 0 Å². The first-order chi connectivity index (χ1) is 13.7. The van der Waals surface area contributed by atoms with Crippen molar-refractivity contribution in [3.05, 3.63) is 35.9 Å². The summed E-state index contributed by atoms with van der Waals surface area (Å²) in [6.07, 6.45) is 5.27. The Balaban J connectivity index is 0.000000290. The Labute approximate surface area is 176 Å². The molecule has 1 aromatic rings. The van der Waals surface area contributed by atoms with Gasteiger partial charge in [-0.25, -0.2) is 4.79 Å². The summed E-state index contributed by atoms with van der Waals surface area (Å²) in [5.41, 5.74) is 1.24. The number of nitrogens with zero attached hydrogens (tertiary/aromatic N) is 2. The minimum Gasteiger partial charge on any atom is -0.447 e. The van der Waals surface area contributed by atoms with E-state index < -0.39 is 0 Å². The van der Waals surface area contributed by atoms with Gasteiger partial charge in [-0.2, -0.15) is 0 Å². The molecule has 0 bridgehead atoms. The molecule has 0 aliphatic carbocycles. The molecular formula is C22H33BN2O4. The van der Waals surface area contributed by atoms with Crippen LogP contribution < -0.4 is 0 Å². The maximum atomic E-state index is 11.1. The number of Topliss-reactive ketones (excluding diaryl/α,β-unsaturated/α-hetero) is 1. The average molecular weight is 400 g/mol. The maximum absolute atomic E-state index is 11.1. The first-order valence-electron chi connectivity index (χ1n) is 10.2. The van der Waals surface area contributed by atoms with E-state index in [2.05, 4.69) is 12.1 Å². The number of carbonyl (C=O) groups is 3. The van der Waals surface area contributed by atoms with Gasteiger partial charge in [-0.05, 0) is 38.7 Å². The summed E-state index contributed by atoms with van der Waals surface area (Å²) < 4.78 is 4.94. The summed E-state index contributed by atoms with van der Waals surface area (Å²) in [5.74, 6) is -0.136. The number of carbonyl (C=O) groups excluding carboxylic acids is 3. The summed E-state index contributed by atoms with van der Waals surface area (Å²) >= 11 is 0. The number of rotatable bonds is 9. The van der Waals surface area contributed by atoms with Crippen LogP contribution in [0.25, 0.3) is 0 Å². The topological polar surface area (TPSA) is 66.9 Å². The fourth-order valence-corrected chi connectivity index (χ4v) is 3.01. The zero-order valence-corrected chi connectivity index (χ0v) is 18.1. The van der Waals surface area contributed by atoms with E-state index in [1.54, 1.807) is 30.8 Å². The molecule has 0 aromatic heterocycles. The van der Waals surface area contributed by atoms with Crippen LogP contribution >= 0.6 is 0 Å². The smallest absolute Gasteiger partial charge is 0.409 e. The minimum absolute atomic E-state index is 0.180. The molecule has 1 aliphatic rings. The first kappa shape index (κ1) is 24.7. The number of amides is 2. The molecule has 0 saturated carbocycles. The highest BCUT2D eigenvalue weighted by Crippen LogP contribution is 2.14. The molecule has 1 aliphatic heterocycles. The van der Waals surface area contributed by atoms with Crippen LogP contribution in [0.3, 0.4) is 0 Å². The molecule has 2 radical (unpaired) electrons. The molecule has 1 unspecified atom stereocenters. The van der Waals surface area contributed by atoms with Gasteiger partial charge in [0.2, 0.25) is 7.85 Å². The highest BCUT2D eigenvalue weighted by atomic mass is 16.6. The van der Waals surface area contributed by atoms with Crippen molar-refractivity contribution in [1.29, 1.82) is 0 Å². The molecule has 1 aromatic carbocycles. The monoisotopic (exact) mass is 400 g/mol. The van der Waals surface area contributed by atoms with Gasteiger partial charge in [0.25, 0.3) is 0 Å². The number of benzene rings is 1. The normalized spacial score (nSPS) is 16.5. The van der Waals surface area contributed by atoms with Gasteiger partial charge in [0.05, 0.1) is 6.04 Å². The van der Waals surface area contributed by atoms with Gasteiger partial charge in [-0.3, -0.25) is 4.79 Å². The van der Waals surface area contributed by atoms with E-state index in [1.165, 1.54) is 5.56 Å². The largest absolute Gasteiger partial charge is 0.447 e. The van der Waals surface area contributed by atoms with E-state index in [0.29, 0.717) is 13.0 Å². The van der Waals surface area contributed by atoms with Gasteiger partial charge in [0.15, 0.2) is 5.81 Å². The van der Waals surface area contributed by atoms with Crippen molar-refractivity contribution < 1.29 is 19.1 Å². The van der Waals surface area contributed by atoms with Crippen LogP contribution in [0.1, 0.15) is 51.5 Å². The average Bonchev–Trinajstić information content (AvgIpc) is 3.00. The fraction of sp³-hybridized carbons (Fsp3) is 0.591.